The molecule has 12 heavy (non-hydrogen) atoms. The van der Waals surface area contributed by atoms with Crippen molar-refractivity contribution in [1.82, 2.24) is 0 Å². The molecule has 0 amide bonds. The third-order valence-electron chi connectivity index (χ3n) is 1.42. The molecule has 0 saturated carbocycles. The minimum Gasteiger partial charge on any atom is -0.435 e. The second-order valence-corrected chi connectivity index (χ2v) is 4.31. The Labute approximate surface area is 73.7 Å². The molecule has 0 spiro atoms. The van der Waals surface area contributed by atoms with Gasteiger partial charge in [-0.05, 0) is 6.92 Å². The van der Waals surface area contributed by atoms with E-state index in [2.05, 4.69) is 0 Å². The number of rotatable bonds is 1. The van der Waals surface area contributed by atoms with Crippen LogP contribution in [0.4, 0.5) is 0 Å². The van der Waals surface area contributed by atoms with Gasteiger partial charge in [0.25, 0.3) is 0 Å². The third kappa shape index (κ3) is 2.91. The zero-order chi connectivity index (χ0) is 9.14. The van der Waals surface area contributed by atoms with Crippen LogP contribution >= 0.6 is 0 Å². The van der Waals surface area contributed by atoms with Crippen molar-refractivity contribution >= 4 is 16.8 Å². The molecule has 1 aliphatic heterocycles. The molecule has 1 rings (SSSR count). The standard InChI is InChI=1S/C7H12O4S/c1-5-3-12(9)4-7(10-5)11-6(2)8/h5,7H,3-4H2,1-2H3/t5-,7-,12?/m1/s1. The van der Waals surface area contributed by atoms with E-state index in [-0.39, 0.29) is 6.10 Å². The summed E-state index contributed by atoms with van der Waals surface area (Å²) in [6.45, 7) is 3.12. The molecule has 1 aliphatic rings. The summed E-state index contributed by atoms with van der Waals surface area (Å²) in [7, 11) is -0.919. The van der Waals surface area contributed by atoms with Gasteiger partial charge in [0.15, 0.2) is 0 Å². The highest BCUT2D eigenvalue weighted by atomic mass is 32.2. The normalized spacial score (nSPS) is 36.0. The van der Waals surface area contributed by atoms with Gasteiger partial charge in [0.2, 0.25) is 6.29 Å². The van der Waals surface area contributed by atoms with Crippen molar-refractivity contribution in [1.29, 1.82) is 0 Å². The van der Waals surface area contributed by atoms with Crippen LogP contribution in [0.1, 0.15) is 13.8 Å². The average molecular weight is 192 g/mol. The summed E-state index contributed by atoms with van der Waals surface area (Å²) in [6, 6.07) is 0. The predicted octanol–water partition coefficient (Wildman–Crippen LogP) is 0.0430. The van der Waals surface area contributed by atoms with Crippen molar-refractivity contribution in [2.45, 2.75) is 26.2 Å². The van der Waals surface area contributed by atoms with Crippen LogP contribution in [0, 0.1) is 0 Å². The SMILES string of the molecule is CC(=O)O[C@@H]1CS(=O)C[C@@H](C)O1. The van der Waals surface area contributed by atoms with Gasteiger partial charge in [0.1, 0.15) is 0 Å². The summed E-state index contributed by atoms with van der Waals surface area (Å²) in [5.74, 6) is 0.424. The van der Waals surface area contributed by atoms with E-state index in [9.17, 15) is 9.00 Å². The fourth-order valence-corrected chi connectivity index (χ4v) is 2.25. The van der Waals surface area contributed by atoms with Gasteiger partial charge in [-0.25, -0.2) is 0 Å². The second kappa shape index (κ2) is 4.00. The summed E-state index contributed by atoms with van der Waals surface area (Å²) in [4.78, 5) is 10.5. The highest BCUT2D eigenvalue weighted by molar-refractivity contribution is 7.85. The highest BCUT2D eigenvalue weighted by Gasteiger charge is 2.26. The summed E-state index contributed by atoms with van der Waals surface area (Å²) in [5.41, 5.74) is 0. The van der Waals surface area contributed by atoms with Crippen molar-refractivity contribution in [3.8, 4) is 0 Å². The van der Waals surface area contributed by atoms with Crippen LogP contribution in [0.5, 0.6) is 0 Å². The summed E-state index contributed by atoms with van der Waals surface area (Å²) >= 11 is 0. The molecule has 0 aliphatic carbocycles. The summed E-state index contributed by atoms with van der Waals surface area (Å²) in [5, 5.41) is 0. The van der Waals surface area contributed by atoms with E-state index in [0.29, 0.717) is 11.5 Å². The maximum Gasteiger partial charge on any atom is 0.304 e. The number of hydrogen-bond donors (Lipinski definition) is 0. The lowest BCUT2D eigenvalue weighted by molar-refractivity contribution is -0.179. The number of ether oxygens (including phenoxy) is 2. The first-order chi connectivity index (χ1) is 5.58. The monoisotopic (exact) mass is 192 g/mol. The van der Waals surface area contributed by atoms with Crippen LogP contribution < -0.4 is 0 Å². The molecule has 3 atom stereocenters. The minimum absolute atomic E-state index is 0.0936. The molecular weight excluding hydrogens is 180 g/mol. The topological polar surface area (TPSA) is 52.6 Å². The maximum absolute atomic E-state index is 11.1. The van der Waals surface area contributed by atoms with Crippen LogP contribution in [-0.2, 0) is 25.1 Å². The van der Waals surface area contributed by atoms with Crippen molar-refractivity contribution in [2.24, 2.45) is 0 Å². The van der Waals surface area contributed by atoms with Crippen molar-refractivity contribution < 1.29 is 18.5 Å². The smallest absolute Gasteiger partial charge is 0.304 e. The lowest BCUT2D eigenvalue weighted by Crippen LogP contribution is -2.38. The van der Waals surface area contributed by atoms with E-state index in [1.807, 2.05) is 6.92 Å². The lowest BCUT2D eigenvalue weighted by Gasteiger charge is -2.26. The molecule has 1 fully saturated rings. The van der Waals surface area contributed by atoms with E-state index in [0.717, 1.165) is 0 Å². The summed E-state index contributed by atoms with van der Waals surface area (Å²) < 4.78 is 21.1. The zero-order valence-electron chi connectivity index (χ0n) is 7.11. The Kier molecular flexibility index (Phi) is 3.22. The number of hydrogen-bond acceptors (Lipinski definition) is 4. The molecule has 4 nitrogen and oxygen atoms in total. The van der Waals surface area contributed by atoms with Gasteiger partial charge in [-0.3, -0.25) is 9.00 Å². The largest absolute Gasteiger partial charge is 0.435 e. The predicted molar refractivity (Wildman–Crippen MR) is 44.0 cm³/mol. The quantitative estimate of drug-likeness (QED) is 0.550. The molecule has 0 radical (unpaired) electrons. The van der Waals surface area contributed by atoms with Gasteiger partial charge in [-0.1, -0.05) is 0 Å². The second-order valence-electron chi connectivity index (χ2n) is 2.76. The highest BCUT2D eigenvalue weighted by Crippen LogP contribution is 2.11. The van der Waals surface area contributed by atoms with Gasteiger partial charge in [0, 0.05) is 23.5 Å². The van der Waals surface area contributed by atoms with Crippen LogP contribution in [0.2, 0.25) is 0 Å². The fraction of sp³-hybridized carbons (Fsp3) is 0.857. The molecule has 0 aromatic heterocycles. The first kappa shape index (κ1) is 9.67. The van der Waals surface area contributed by atoms with Gasteiger partial charge in [0.05, 0.1) is 11.9 Å². The third-order valence-corrected chi connectivity index (χ3v) is 2.91. The van der Waals surface area contributed by atoms with Crippen LogP contribution in [0.15, 0.2) is 0 Å². The summed E-state index contributed by atoms with van der Waals surface area (Å²) in [6.07, 6.45) is -0.712. The van der Waals surface area contributed by atoms with E-state index >= 15 is 0 Å². The molecule has 1 saturated heterocycles. The molecular formula is C7H12O4S. The zero-order valence-corrected chi connectivity index (χ0v) is 7.93. The molecule has 5 heteroatoms. The Morgan fingerprint density at radius 1 is 1.58 bits per heavy atom. The Bertz CT molecular complexity index is 202. The van der Waals surface area contributed by atoms with Crippen LogP contribution in [0.25, 0.3) is 0 Å². The minimum atomic E-state index is -0.919. The van der Waals surface area contributed by atoms with E-state index in [4.69, 9.17) is 9.47 Å². The fourth-order valence-electron chi connectivity index (χ4n) is 1.07. The maximum atomic E-state index is 11.1. The Morgan fingerprint density at radius 2 is 2.25 bits per heavy atom. The van der Waals surface area contributed by atoms with Crippen molar-refractivity contribution in [3.05, 3.63) is 0 Å². The lowest BCUT2D eigenvalue weighted by atomic mass is 10.4. The molecule has 0 N–H and O–H groups in total. The van der Waals surface area contributed by atoms with Crippen LogP contribution in [0.3, 0.4) is 0 Å². The van der Waals surface area contributed by atoms with Crippen molar-refractivity contribution in [2.75, 3.05) is 11.5 Å². The number of carbonyl (C=O) groups excluding carboxylic acids is 1. The van der Waals surface area contributed by atoms with E-state index in [1.54, 1.807) is 0 Å². The molecule has 70 valence electrons. The number of carbonyl (C=O) groups is 1. The first-order valence-corrected chi connectivity index (χ1v) is 5.24. The van der Waals surface area contributed by atoms with Gasteiger partial charge in [-0.2, -0.15) is 0 Å². The molecule has 0 bridgehead atoms. The Hall–Kier alpha value is -0.420. The van der Waals surface area contributed by atoms with Gasteiger partial charge in [-0.15, -0.1) is 0 Å². The van der Waals surface area contributed by atoms with Gasteiger partial charge < -0.3 is 9.47 Å². The van der Waals surface area contributed by atoms with Crippen LogP contribution in [-0.4, -0.2) is 34.1 Å². The average Bonchev–Trinajstić information content (AvgIpc) is 1.81. The Balaban J connectivity index is 2.44. The molecule has 0 aromatic rings. The molecule has 1 unspecified atom stereocenters. The van der Waals surface area contributed by atoms with Crippen molar-refractivity contribution in [3.63, 3.8) is 0 Å². The Morgan fingerprint density at radius 3 is 2.75 bits per heavy atom. The first-order valence-electron chi connectivity index (χ1n) is 3.75. The molecule has 1 heterocycles. The van der Waals surface area contributed by atoms with E-state index < -0.39 is 23.1 Å². The number of esters is 1. The van der Waals surface area contributed by atoms with Gasteiger partial charge >= 0.3 is 5.97 Å². The molecule has 0 aromatic carbocycles. The van der Waals surface area contributed by atoms with E-state index in [1.165, 1.54) is 6.92 Å².